The Hall–Kier alpha value is -3.88. The van der Waals surface area contributed by atoms with Gasteiger partial charge in [-0.15, -0.1) is 0 Å². The van der Waals surface area contributed by atoms with Crippen LogP contribution in [-0.4, -0.2) is 40.7 Å². The lowest BCUT2D eigenvalue weighted by molar-refractivity contribution is -0.385. The molecule has 0 fully saturated rings. The van der Waals surface area contributed by atoms with Gasteiger partial charge in [-0.1, -0.05) is 36.4 Å². The monoisotopic (exact) mass is 453 g/mol. The van der Waals surface area contributed by atoms with Crippen LogP contribution in [0.15, 0.2) is 54.6 Å². The molecule has 1 heterocycles. The van der Waals surface area contributed by atoms with Gasteiger partial charge in [-0.3, -0.25) is 15.4 Å². The number of carbonyl (C=O) groups is 2. The van der Waals surface area contributed by atoms with Crippen LogP contribution in [0.3, 0.4) is 0 Å². The first kappa shape index (κ1) is 23.8. The van der Waals surface area contributed by atoms with Crippen LogP contribution in [-0.2, 0) is 16.1 Å². The molecule has 174 valence electrons. The van der Waals surface area contributed by atoms with Crippen LogP contribution in [0.2, 0.25) is 0 Å². The fraction of sp³-hybridized carbons (Fsp3) is 0.333. The number of ether oxygens (including phenoxy) is 2. The Kier molecular flexibility index (Phi) is 7.32. The molecule has 0 radical (unpaired) electrons. The molecular weight excluding hydrogens is 426 g/mol. The molecule has 9 nitrogen and oxygen atoms in total. The molecule has 0 saturated heterocycles. The number of anilines is 1. The van der Waals surface area contributed by atoms with Crippen molar-refractivity contribution in [1.29, 1.82) is 0 Å². The molecule has 0 bridgehead atoms. The minimum absolute atomic E-state index is 0.0836. The van der Waals surface area contributed by atoms with E-state index in [4.69, 9.17) is 9.47 Å². The van der Waals surface area contributed by atoms with Gasteiger partial charge in [0.15, 0.2) is 0 Å². The van der Waals surface area contributed by atoms with Gasteiger partial charge in [-0.05, 0) is 50.5 Å². The summed E-state index contributed by atoms with van der Waals surface area (Å²) in [7, 11) is 0. The first-order valence-corrected chi connectivity index (χ1v) is 10.6. The van der Waals surface area contributed by atoms with Crippen LogP contribution in [0, 0.1) is 10.1 Å². The number of hydrogen-bond donors (Lipinski definition) is 1. The Morgan fingerprint density at radius 2 is 1.88 bits per heavy atom. The Labute approximate surface area is 192 Å². The lowest BCUT2D eigenvalue weighted by atomic mass is 9.99. The normalized spacial score (nSPS) is 13.7. The number of benzene rings is 2. The van der Waals surface area contributed by atoms with E-state index in [1.807, 2.05) is 36.4 Å². The predicted octanol–water partition coefficient (Wildman–Crippen LogP) is 5.37. The van der Waals surface area contributed by atoms with Gasteiger partial charge in [0.05, 0.1) is 16.2 Å². The Morgan fingerprint density at radius 1 is 1.15 bits per heavy atom. The molecule has 1 aliphatic heterocycles. The molecule has 1 N–H and O–H groups in total. The molecular formula is C24H27N3O6. The first-order valence-electron chi connectivity index (χ1n) is 10.6. The standard InChI is InChI=1S/C24H27N3O6/c1-24(2,3)33-23(29)26-13-7-10-18(15-26)20-12-11-19(14-21(20)27(30)31)25-22(28)32-16-17-8-5-4-6-9-17/h4-6,8-12,14H,7,13,15-16H2,1-3H3,(H,25,28). The summed E-state index contributed by atoms with van der Waals surface area (Å²) in [6.07, 6.45) is 1.26. The molecule has 0 aliphatic carbocycles. The van der Waals surface area contributed by atoms with E-state index in [2.05, 4.69) is 5.32 Å². The smallest absolute Gasteiger partial charge is 0.411 e. The number of nitrogens with zero attached hydrogens (tertiary/aromatic N) is 2. The Balaban J connectivity index is 1.70. The number of nitro groups is 1. The lowest BCUT2D eigenvalue weighted by Crippen LogP contribution is -2.39. The van der Waals surface area contributed by atoms with Crippen molar-refractivity contribution in [2.75, 3.05) is 18.4 Å². The summed E-state index contributed by atoms with van der Waals surface area (Å²) < 4.78 is 10.6. The molecule has 0 atom stereocenters. The molecule has 33 heavy (non-hydrogen) atoms. The zero-order valence-electron chi connectivity index (χ0n) is 18.9. The van der Waals surface area contributed by atoms with Crippen molar-refractivity contribution < 1.29 is 24.0 Å². The SMILES string of the molecule is CC(C)(C)OC(=O)N1CCC=C(c2ccc(NC(=O)OCc3ccccc3)cc2[N+](=O)[O-])C1. The molecule has 9 heteroatoms. The summed E-state index contributed by atoms with van der Waals surface area (Å²) in [5, 5.41) is 14.3. The second-order valence-electron chi connectivity index (χ2n) is 8.60. The van der Waals surface area contributed by atoms with Crippen molar-refractivity contribution in [3.8, 4) is 0 Å². The minimum Gasteiger partial charge on any atom is -0.444 e. The molecule has 0 saturated carbocycles. The van der Waals surface area contributed by atoms with E-state index in [1.165, 1.54) is 11.0 Å². The highest BCUT2D eigenvalue weighted by Crippen LogP contribution is 2.32. The number of rotatable bonds is 5. The van der Waals surface area contributed by atoms with Crippen molar-refractivity contribution in [2.24, 2.45) is 0 Å². The predicted molar refractivity (Wildman–Crippen MR) is 124 cm³/mol. The maximum absolute atomic E-state index is 12.4. The average Bonchev–Trinajstić information content (AvgIpc) is 2.77. The van der Waals surface area contributed by atoms with Crippen molar-refractivity contribution in [3.63, 3.8) is 0 Å². The van der Waals surface area contributed by atoms with E-state index in [-0.39, 0.29) is 24.5 Å². The maximum atomic E-state index is 12.4. The number of carbonyl (C=O) groups excluding carboxylic acids is 2. The molecule has 3 rings (SSSR count). The molecule has 0 aromatic heterocycles. The third kappa shape index (κ3) is 6.80. The van der Waals surface area contributed by atoms with Crippen LogP contribution in [0.25, 0.3) is 5.57 Å². The van der Waals surface area contributed by atoms with Crippen LogP contribution < -0.4 is 5.32 Å². The van der Waals surface area contributed by atoms with Crippen LogP contribution >= 0.6 is 0 Å². The molecule has 2 aromatic carbocycles. The van der Waals surface area contributed by atoms with E-state index < -0.39 is 22.7 Å². The third-order valence-corrected chi connectivity index (χ3v) is 4.80. The summed E-state index contributed by atoms with van der Waals surface area (Å²) >= 11 is 0. The topological polar surface area (TPSA) is 111 Å². The van der Waals surface area contributed by atoms with Gasteiger partial charge in [-0.2, -0.15) is 0 Å². The van der Waals surface area contributed by atoms with Crippen molar-refractivity contribution >= 4 is 29.1 Å². The third-order valence-electron chi connectivity index (χ3n) is 4.80. The zero-order chi connectivity index (χ0) is 24.0. The quantitative estimate of drug-likeness (QED) is 0.481. The van der Waals surface area contributed by atoms with Gasteiger partial charge in [0.25, 0.3) is 5.69 Å². The fourth-order valence-electron chi connectivity index (χ4n) is 3.33. The highest BCUT2D eigenvalue weighted by molar-refractivity contribution is 5.87. The molecule has 2 aromatic rings. The maximum Gasteiger partial charge on any atom is 0.411 e. The summed E-state index contributed by atoms with van der Waals surface area (Å²) in [6.45, 7) is 6.11. The van der Waals surface area contributed by atoms with Crippen LogP contribution in [0.1, 0.15) is 38.3 Å². The molecule has 0 spiro atoms. The van der Waals surface area contributed by atoms with Gasteiger partial charge < -0.3 is 14.4 Å². The van der Waals surface area contributed by atoms with Crippen molar-refractivity contribution in [1.82, 2.24) is 4.90 Å². The van der Waals surface area contributed by atoms with Gasteiger partial charge in [0, 0.05) is 19.2 Å². The Morgan fingerprint density at radius 3 is 2.55 bits per heavy atom. The van der Waals surface area contributed by atoms with Crippen LogP contribution in [0.5, 0.6) is 0 Å². The zero-order valence-corrected chi connectivity index (χ0v) is 18.9. The van der Waals surface area contributed by atoms with Crippen molar-refractivity contribution in [2.45, 2.75) is 39.4 Å². The number of nitro benzene ring substituents is 1. The summed E-state index contributed by atoms with van der Waals surface area (Å²) in [5.74, 6) is 0. The van der Waals surface area contributed by atoms with Gasteiger partial charge in [0.2, 0.25) is 0 Å². The molecule has 0 unspecified atom stereocenters. The number of hydrogen-bond acceptors (Lipinski definition) is 6. The summed E-state index contributed by atoms with van der Waals surface area (Å²) in [6, 6.07) is 13.6. The van der Waals surface area contributed by atoms with E-state index in [0.29, 0.717) is 24.1 Å². The summed E-state index contributed by atoms with van der Waals surface area (Å²) in [4.78, 5) is 37.3. The van der Waals surface area contributed by atoms with E-state index in [9.17, 15) is 19.7 Å². The Bertz CT molecular complexity index is 1060. The van der Waals surface area contributed by atoms with E-state index >= 15 is 0 Å². The second kappa shape index (κ2) is 10.2. The average molecular weight is 453 g/mol. The lowest BCUT2D eigenvalue weighted by Gasteiger charge is -2.30. The molecule has 2 amide bonds. The van der Waals surface area contributed by atoms with Gasteiger partial charge in [0.1, 0.15) is 12.2 Å². The second-order valence-corrected chi connectivity index (χ2v) is 8.60. The van der Waals surface area contributed by atoms with E-state index in [0.717, 1.165) is 5.56 Å². The highest BCUT2D eigenvalue weighted by atomic mass is 16.6. The highest BCUT2D eigenvalue weighted by Gasteiger charge is 2.27. The van der Waals surface area contributed by atoms with E-state index in [1.54, 1.807) is 32.9 Å². The molecule has 1 aliphatic rings. The minimum atomic E-state index is -0.714. The van der Waals surface area contributed by atoms with Crippen molar-refractivity contribution in [3.05, 3.63) is 75.8 Å². The largest absolute Gasteiger partial charge is 0.444 e. The number of nitrogens with one attached hydrogen (secondary N) is 1. The summed E-state index contributed by atoms with van der Waals surface area (Å²) in [5.41, 5.74) is 1.30. The fourth-order valence-corrected chi connectivity index (χ4v) is 3.33. The van der Waals surface area contributed by atoms with Gasteiger partial charge >= 0.3 is 12.2 Å². The number of amides is 2. The van der Waals surface area contributed by atoms with Crippen LogP contribution in [0.4, 0.5) is 21.0 Å². The first-order chi connectivity index (χ1) is 15.6. The van der Waals surface area contributed by atoms with Gasteiger partial charge in [-0.25, -0.2) is 9.59 Å².